The Balaban J connectivity index is 2.16. The molecule has 3 unspecified atom stereocenters. The minimum absolute atomic E-state index is 0.0951. The van der Waals surface area contributed by atoms with E-state index < -0.39 is 28.8 Å². The van der Waals surface area contributed by atoms with Gasteiger partial charge in [0.15, 0.2) is 6.29 Å². The Morgan fingerprint density at radius 3 is 2.68 bits per heavy atom. The van der Waals surface area contributed by atoms with Crippen LogP contribution in [0.25, 0.3) is 0 Å². The number of nitrogens with two attached hydrogens (primary N) is 1. The molecule has 0 spiro atoms. The largest absolute Gasteiger partial charge is 0.398 e. The third-order valence-electron chi connectivity index (χ3n) is 2.81. The van der Waals surface area contributed by atoms with Gasteiger partial charge in [0.05, 0.1) is 0 Å². The highest BCUT2D eigenvalue weighted by Crippen LogP contribution is 2.34. The molecule has 0 bridgehead atoms. The number of hydrogen-bond acceptors (Lipinski definition) is 5. The standard InChI is InChI=1S/C11H16N2O5S/c1-7-17-10(6-13-19(14,15)16)11(18-7)8-4-2-3-5-9(8)12/h2-5,7,10-11,13H,6,12H2,1H3,(H,14,15,16). The summed E-state index contributed by atoms with van der Waals surface area (Å²) in [4.78, 5) is 0. The zero-order chi connectivity index (χ0) is 14.0. The fraction of sp³-hybridized carbons (Fsp3) is 0.455. The highest BCUT2D eigenvalue weighted by atomic mass is 32.2. The maximum atomic E-state index is 10.7. The summed E-state index contributed by atoms with van der Waals surface area (Å²) < 4.78 is 43.1. The molecule has 1 saturated heterocycles. The summed E-state index contributed by atoms with van der Waals surface area (Å²) in [6.07, 6.45) is -1.51. The molecule has 0 saturated carbocycles. The molecule has 0 amide bonds. The Morgan fingerprint density at radius 2 is 2.05 bits per heavy atom. The van der Waals surface area contributed by atoms with E-state index in [0.29, 0.717) is 5.69 Å². The lowest BCUT2D eigenvalue weighted by Crippen LogP contribution is -2.34. The van der Waals surface area contributed by atoms with Crippen LogP contribution in [0.5, 0.6) is 0 Å². The van der Waals surface area contributed by atoms with E-state index in [1.165, 1.54) is 0 Å². The minimum Gasteiger partial charge on any atom is -0.398 e. The lowest BCUT2D eigenvalue weighted by atomic mass is 10.0. The number of para-hydroxylation sites is 1. The average molecular weight is 288 g/mol. The minimum atomic E-state index is -4.26. The summed E-state index contributed by atoms with van der Waals surface area (Å²) in [5, 5.41) is 0. The summed E-state index contributed by atoms with van der Waals surface area (Å²) >= 11 is 0. The molecular formula is C11H16N2O5S. The van der Waals surface area contributed by atoms with Crippen LogP contribution in [0.3, 0.4) is 0 Å². The molecule has 4 N–H and O–H groups in total. The maximum absolute atomic E-state index is 10.7. The molecule has 1 fully saturated rings. The molecule has 1 aromatic rings. The number of nitrogen functional groups attached to an aromatic ring is 1. The predicted molar refractivity (Wildman–Crippen MR) is 68.6 cm³/mol. The van der Waals surface area contributed by atoms with E-state index in [0.717, 1.165) is 5.56 Å². The molecule has 2 rings (SSSR count). The van der Waals surface area contributed by atoms with E-state index in [9.17, 15) is 8.42 Å². The quantitative estimate of drug-likeness (QED) is 0.548. The van der Waals surface area contributed by atoms with Crippen molar-refractivity contribution in [2.75, 3.05) is 12.3 Å². The van der Waals surface area contributed by atoms with Crippen molar-refractivity contribution in [3.05, 3.63) is 29.8 Å². The second kappa shape index (κ2) is 5.43. The Labute approximate surface area is 111 Å². The van der Waals surface area contributed by atoms with Crippen molar-refractivity contribution in [3.63, 3.8) is 0 Å². The van der Waals surface area contributed by atoms with Crippen LogP contribution < -0.4 is 10.5 Å². The first-order chi connectivity index (χ1) is 8.87. The number of ether oxygens (including phenoxy) is 2. The van der Waals surface area contributed by atoms with E-state index in [2.05, 4.69) is 0 Å². The summed E-state index contributed by atoms with van der Waals surface area (Å²) in [5.74, 6) is 0. The molecule has 0 aliphatic carbocycles. The van der Waals surface area contributed by atoms with Gasteiger partial charge in [-0.15, -0.1) is 0 Å². The average Bonchev–Trinajstić information content (AvgIpc) is 2.67. The third-order valence-corrected chi connectivity index (χ3v) is 3.34. The number of rotatable bonds is 4. The highest BCUT2D eigenvalue weighted by molar-refractivity contribution is 7.83. The van der Waals surface area contributed by atoms with Crippen molar-refractivity contribution < 1.29 is 22.4 Å². The number of anilines is 1. The molecule has 0 radical (unpaired) electrons. The van der Waals surface area contributed by atoms with Gasteiger partial charge in [-0.3, -0.25) is 4.55 Å². The van der Waals surface area contributed by atoms with E-state index in [4.69, 9.17) is 19.8 Å². The fourth-order valence-corrected chi connectivity index (χ4v) is 2.40. The van der Waals surface area contributed by atoms with Crippen molar-refractivity contribution in [1.29, 1.82) is 0 Å². The van der Waals surface area contributed by atoms with Crippen LogP contribution in [-0.4, -0.2) is 31.9 Å². The Hall–Kier alpha value is -1.19. The van der Waals surface area contributed by atoms with E-state index in [1.54, 1.807) is 25.1 Å². The molecular weight excluding hydrogens is 272 g/mol. The summed E-state index contributed by atoms with van der Waals surface area (Å²) in [6.45, 7) is 1.61. The molecule has 1 aromatic carbocycles. The summed E-state index contributed by atoms with van der Waals surface area (Å²) in [5.41, 5.74) is 7.14. The SMILES string of the molecule is CC1OC(CNS(=O)(=O)O)C(c2ccccc2N)O1. The van der Waals surface area contributed by atoms with E-state index in [-0.39, 0.29) is 6.54 Å². The molecule has 3 atom stereocenters. The van der Waals surface area contributed by atoms with Crippen molar-refractivity contribution in [1.82, 2.24) is 4.72 Å². The second-order valence-electron chi connectivity index (χ2n) is 4.25. The van der Waals surface area contributed by atoms with Gasteiger partial charge < -0.3 is 15.2 Å². The van der Waals surface area contributed by atoms with Crippen LogP contribution in [0.2, 0.25) is 0 Å². The smallest absolute Gasteiger partial charge is 0.333 e. The van der Waals surface area contributed by atoms with Crippen LogP contribution in [0.15, 0.2) is 24.3 Å². The first-order valence-electron chi connectivity index (χ1n) is 5.74. The number of nitrogens with one attached hydrogen (secondary N) is 1. The van der Waals surface area contributed by atoms with Gasteiger partial charge in [0, 0.05) is 17.8 Å². The molecule has 7 nitrogen and oxygen atoms in total. The Kier molecular flexibility index (Phi) is 4.07. The Bertz CT molecular complexity index is 548. The Morgan fingerprint density at radius 1 is 1.37 bits per heavy atom. The van der Waals surface area contributed by atoms with Crippen LogP contribution in [0.1, 0.15) is 18.6 Å². The van der Waals surface area contributed by atoms with Gasteiger partial charge >= 0.3 is 10.3 Å². The molecule has 1 aliphatic heterocycles. The van der Waals surface area contributed by atoms with Crippen molar-refractivity contribution in [3.8, 4) is 0 Å². The lowest BCUT2D eigenvalue weighted by molar-refractivity contribution is -0.0505. The lowest BCUT2D eigenvalue weighted by Gasteiger charge is -2.18. The topological polar surface area (TPSA) is 111 Å². The van der Waals surface area contributed by atoms with Gasteiger partial charge in [-0.05, 0) is 13.0 Å². The zero-order valence-corrected chi connectivity index (χ0v) is 11.1. The number of hydrogen-bond donors (Lipinski definition) is 3. The molecule has 0 aromatic heterocycles. The van der Waals surface area contributed by atoms with Crippen LogP contribution in [0, 0.1) is 0 Å². The third kappa shape index (κ3) is 3.64. The van der Waals surface area contributed by atoms with Crippen LogP contribution in [-0.2, 0) is 19.8 Å². The maximum Gasteiger partial charge on any atom is 0.333 e. The predicted octanol–water partition coefficient (Wildman–Crippen LogP) is 0.464. The van der Waals surface area contributed by atoms with Gasteiger partial charge in [0.25, 0.3) is 0 Å². The first kappa shape index (κ1) is 14.2. The highest BCUT2D eigenvalue weighted by Gasteiger charge is 2.36. The van der Waals surface area contributed by atoms with Crippen molar-refractivity contribution in [2.24, 2.45) is 0 Å². The first-order valence-corrected chi connectivity index (χ1v) is 7.18. The molecule has 1 aliphatic rings. The van der Waals surface area contributed by atoms with E-state index >= 15 is 0 Å². The zero-order valence-electron chi connectivity index (χ0n) is 10.3. The second-order valence-corrected chi connectivity index (χ2v) is 5.49. The monoisotopic (exact) mass is 288 g/mol. The van der Waals surface area contributed by atoms with Crippen LogP contribution in [0.4, 0.5) is 5.69 Å². The van der Waals surface area contributed by atoms with Crippen molar-refractivity contribution in [2.45, 2.75) is 25.4 Å². The van der Waals surface area contributed by atoms with Gasteiger partial charge in [0.2, 0.25) is 0 Å². The van der Waals surface area contributed by atoms with Gasteiger partial charge in [-0.25, -0.2) is 0 Å². The fourth-order valence-electron chi connectivity index (χ4n) is 2.03. The summed E-state index contributed by atoms with van der Waals surface area (Å²) in [6, 6.07) is 7.13. The van der Waals surface area contributed by atoms with Crippen molar-refractivity contribution >= 4 is 16.0 Å². The van der Waals surface area contributed by atoms with Gasteiger partial charge in [-0.2, -0.15) is 13.1 Å². The number of benzene rings is 1. The molecule has 1 heterocycles. The molecule has 8 heteroatoms. The molecule has 106 valence electrons. The van der Waals surface area contributed by atoms with E-state index in [1.807, 2.05) is 10.8 Å². The normalized spacial score (nSPS) is 27.6. The molecule has 19 heavy (non-hydrogen) atoms. The van der Waals surface area contributed by atoms with Gasteiger partial charge in [0.1, 0.15) is 12.2 Å². The van der Waals surface area contributed by atoms with Crippen LogP contribution >= 0.6 is 0 Å². The van der Waals surface area contributed by atoms with Gasteiger partial charge in [-0.1, -0.05) is 18.2 Å². The summed E-state index contributed by atoms with van der Waals surface area (Å²) in [7, 11) is -4.26.